The van der Waals surface area contributed by atoms with E-state index >= 15 is 0 Å². The number of benzene rings is 1. The molecule has 2 rings (SSSR count). The molecule has 1 heterocycles. The van der Waals surface area contributed by atoms with Gasteiger partial charge in [0.25, 0.3) is 0 Å². The predicted molar refractivity (Wildman–Crippen MR) is 82.2 cm³/mol. The summed E-state index contributed by atoms with van der Waals surface area (Å²) >= 11 is 3.31. The number of carbonyl (C=O) groups is 2. The van der Waals surface area contributed by atoms with Gasteiger partial charge in [0.2, 0.25) is 0 Å². The molecule has 6 nitrogen and oxygen atoms in total. The molecule has 2 atom stereocenters. The van der Waals surface area contributed by atoms with E-state index in [-0.39, 0.29) is 12.3 Å². The Labute approximate surface area is 137 Å². The summed E-state index contributed by atoms with van der Waals surface area (Å²) in [6, 6.07) is 6.98. The van der Waals surface area contributed by atoms with E-state index in [0.29, 0.717) is 5.56 Å². The number of methoxy groups -OCH3 is 1. The number of carbonyl (C=O) groups excluding carboxylic acids is 2. The molecular weight excluding hydrogens is 354 g/mol. The van der Waals surface area contributed by atoms with Crippen molar-refractivity contribution in [2.45, 2.75) is 31.8 Å². The molecule has 0 radical (unpaired) electrons. The summed E-state index contributed by atoms with van der Waals surface area (Å²) in [5, 5.41) is 10.4. The van der Waals surface area contributed by atoms with Crippen LogP contribution in [-0.2, 0) is 14.3 Å². The number of nitrogens with zero attached hydrogens (tertiary/aromatic N) is 1. The summed E-state index contributed by atoms with van der Waals surface area (Å²) in [4.78, 5) is 25.2. The van der Waals surface area contributed by atoms with Crippen LogP contribution in [0.3, 0.4) is 0 Å². The Morgan fingerprint density at radius 2 is 2.05 bits per heavy atom. The number of ether oxygens (including phenoxy) is 2. The van der Waals surface area contributed by atoms with E-state index in [9.17, 15) is 14.7 Å². The Balaban J connectivity index is 2.21. The smallest absolute Gasteiger partial charge is 0.412 e. The van der Waals surface area contributed by atoms with Crippen LogP contribution in [0.1, 0.15) is 25.5 Å². The van der Waals surface area contributed by atoms with Gasteiger partial charge in [-0.3, -0.25) is 9.69 Å². The van der Waals surface area contributed by atoms with Gasteiger partial charge >= 0.3 is 6.09 Å². The van der Waals surface area contributed by atoms with Gasteiger partial charge in [0, 0.05) is 4.47 Å². The second-order valence-electron chi connectivity index (χ2n) is 5.50. The highest BCUT2D eigenvalue weighted by Gasteiger charge is 2.46. The van der Waals surface area contributed by atoms with E-state index in [0.717, 1.165) is 4.47 Å². The fourth-order valence-electron chi connectivity index (χ4n) is 2.35. The number of aliphatic hydroxyl groups is 1. The highest BCUT2D eigenvalue weighted by Crippen LogP contribution is 2.31. The van der Waals surface area contributed by atoms with Crippen molar-refractivity contribution in [3.8, 4) is 0 Å². The monoisotopic (exact) mass is 371 g/mol. The number of aliphatic hydroxyl groups excluding tert-OH is 1. The zero-order valence-corrected chi connectivity index (χ0v) is 14.2. The third kappa shape index (κ3) is 3.31. The summed E-state index contributed by atoms with van der Waals surface area (Å²) in [6.45, 7) is 3.13. The Morgan fingerprint density at radius 1 is 1.45 bits per heavy atom. The largest absolute Gasteiger partial charge is 0.453 e. The fourth-order valence-corrected chi connectivity index (χ4v) is 2.61. The number of halogens is 1. The topological polar surface area (TPSA) is 76.1 Å². The van der Waals surface area contributed by atoms with Crippen LogP contribution in [0, 0.1) is 0 Å². The lowest BCUT2D eigenvalue weighted by Gasteiger charge is -2.44. The molecule has 0 unspecified atom stereocenters. The van der Waals surface area contributed by atoms with Gasteiger partial charge in [-0.25, -0.2) is 4.79 Å². The van der Waals surface area contributed by atoms with Crippen LogP contribution in [0.4, 0.5) is 4.79 Å². The van der Waals surface area contributed by atoms with Gasteiger partial charge < -0.3 is 14.6 Å². The first-order valence-electron chi connectivity index (χ1n) is 6.76. The SMILES string of the molecule is COC(=O)N1CC(=O)[C@H]([C@@H](O)c2ccc(Br)cc2)OC1(C)C. The molecule has 0 bridgehead atoms. The van der Waals surface area contributed by atoms with Crippen LogP contribution >= 0.6 is 15.9 Å². The predicted octanol–water partition coefficient (Wildman–Crippen LogP) is 2.25. The Hall–Kier alpha value is -1.44. The average Bonchev–Trinajstić information content (AvgIpc) is 2.48. The van der Waals surface area contributed by atoms with Crippen LogP contribution in [0.5, 0.6) is 0 Å². The molecule has 1 N–H and O–H groups in total. The van der Waals surface area contributed by atoms with E-state index in [2.05, 4.69) is 20.7 Å². The second-order valence-corrected chi connectivity index (χ2v) is 6.42. The van der Waals surface area contributed by atoms with Crippen molar-refractivity contribution in [2.75, 3.05) is 13.7 Å². The highest BCUT2D eigenvalue weighted by atomic mass is 79.9. The Kier molecular flexibility index (Phi) is 4.89. The molecule has 0 saturated carbocycles. The molecule has 7 heteroatoms. The third-order valence-electron chi connectivity index (χ3n) is 3.59. The molecular formula is C15H18BrNO5. The lowest BCUT2D eigenvalue weighted by Crippen LogP contribution is -2.61. The van der Waals surface area contributed by atoms with E-state index in [1.165, 1.54) is 12.0 Å². The fraction of sp³-hybridized carbons (Fsp3) is 0.467. The number of hydrogen-bond acceptors (Lipinski definition) is 5. The maximum Gasteiger partial charge on any atom is 0.412 e. The van der Waals surface area contributed by atoms with Crippen LogP contribution in [-0.4, -0.2) is 47.4 Å². The van der Waals surface area contributed by atoms with Gasteiger partial charge in [0.15, 0.2) is 11.9 Å². The molecule has 1 aliphatic heterocycles. The summed E-state index contributed by atoms with van der Waals surface area (Å²) in [5.74, 6) is -0.375. The summed E-state index contributed by atoms with van der Waals surface area (Å²) in [7, 11) is 1.24. The Bertz CT molecular complexity index is 572. The maximum atomic E-state index is 12.3. The molecule has 1 aromatic rings. The molecule has 0 spiro atoms. The van der Waals surface area contributed by atoms with Gasteiger partial charge in [-0.2, -0.15) is 0 Å². The number of amides is 1. The molecule has 1 fully saturated rings. The van der Waals surface area contributed by atoms with E-state index in [4.69, 9.17) is 4.74 Å². The standard InChI is InChI=1S/C15H18BrNO5/c1-15(2)17(14(20)21-3)8-11(18)13(22-15)12(19)9-4-6-10(16)7-5-9/h4-7,12-13,19H,8H2,1-3H3/t12-,13+/m0/s1. The number of hydrogen-bond donors (Lipinski definition) is 1. The molecule has 1 saturated heterocycles. The minimum absolute atomic E-state index is 0.169. The molecule has 22 heavy (non-hydrogen) atoms. The number of Topliss-reactive ketones (excluding diaryl/α,β-unsaturated/α-hetero) is 1. The van der Waals surface area contributed by atoms with Crippen molar-refractivity contribution in [1.29, 1.82) is 0 Å². The van der Waals surface area contributed by atoms with Gasteiger partial charge in [-0.15, -0.1) is 0 Å². The second kappa shape index (κ2) is 6.36. The first-order valence-corrected chi connectivity index (χ1v) is 7.55. The zero-order chi connectivity index (χ0) is 16.5. The lowest BCUT2D eigenvalue weighted by atomic mass is 9.98. The van der Waals surface area contributed by atoms with Crippen LogP contribution in [0.25, 0.3) is 0 Å². The summed E-state index contributed by atoms with van der Waals surface area (Å²) < 4.78 is 11.2. The van der Waals surface area contributed by atoms with E-state index < -0.39 is 24.0 Å². The number of rotatable bonds is 2. The molecule has 1 aliphatic rings. The van der Waals surface area contributed by atoms with Crippen molar-refractivity contribution < 1.29 is 24.2 Å². The zero-order valence-electron chi connectivity index (χ0n) is 12.6. The van der Waals surface area contributed by atoms with Crippen molar-refractivity contribution in [3.63, 3.8) is 0 Å². The van der Waals surface area contributed by atoms with E-state index in [1.807, 2.05) is 0 Å². The van der Waals surface area contributed by atoms with Crippen LogP contribution in [0.2, 0.25) is 0 Å². The van der Waals surface area contributed by atoms with Crippen molar-refractivity contribution in [1.82, 2.24) is 4.90 Å². The van der Waals surface area contributed by atoms with Crippen molar-refractivity contribution in [3.05, 3.63) is 34.3 Å². The van der Waals surface area contributed by atoms with Gasteiger partial charge in [0.05, 0.1) is 13.7 Å². The molecule has 0 aliphatic carbocycles. The quantitative estimate of drug-likeness (QED) is 0.862. The lowest BCUT2D eigenvalue weighted by molar-refractivity contribution is -0.208. The minimum atomic E-state index is -1.10. The molecule has 1 amide bonds. The van der Waals surface area contributed by atoms with Gasteiger partial charge in [-0.05, 0) is 31.5 Å². The number of ketones is 1. The first kappa shape index (κ1) is 16.9. The van der Waals surface area contributed by atoms with Gasteiger partial charge in [-0.1, -0.05) is 28.1 Å². The summed E-state index contributed by atoms with van der Waals surface area (Å²) in [5.41, 5.74) is -0.481. The maximum absolute atomic E-state index is 12.3. The van der Waals surface area contributed by atoms with Crippen LogP contribution in [0.15, 0.2) is 28.7 Å². The van der Waals surface area contributed by atoms with Crippen molar-refractivity contribution in [2.24, 2.45) is 0 Å². The van der Waals surface area contributed by atoms with E-state index in [1.54, 1.807) is 38.1 Å². The molecule has 0 aromatic heterocycles. The van der Waals surface area contributed by atoms with Crippen LogP contribution < -0.4 is 0 Å². The summed E-state index contributed by atoms with van der Waals surface area (Å²) in [6.07, 6.45) is -2.77. The molecule has 1 aromatic carbocycles. The van der Waals surface area contributed by atoms with Gasteiger partial charge in [0.1, 0.15) is 11.8 Å². The Morgan fingerprint density at radius 3 is 2.59 bits per heavy atom. The molecule has 120 valence electrons. The normalized spacial score (nSPS) is 22.3. The average molecular weight is 372 g/mol. The third-order valence-corrected chi connectivity index (χ3v) is 4.12. The highest BCUT2D eigenvalue weighted by molar-refractivity contribution is 9.10. The van der Waals surface area contributed by atoms with Crippen molar-refractivity contribution >= 4 is 27.8 Å². The first-order chi connectivity index (χ1) is 10.3. The minimum Gasteiger partial charge on any atom is -0.453 e.